The van der Waals surface area contributed by atoms with Gasteiger partial charge in [-0.25, -0.2) is 0 Å². The van der Waals surface area contributed by atoms with Crippen molar-refractivity contribution >= 4 is 11.8 Å². The van der Waals surface area contributed by atoms with Crippen LogP contribution in [0.15, 0.2) is 65.6 Å². The molecular weight excluding hydrogens is 236 g/mol. The Bertz CT molecular complexity index is 544. The number of hydrogen-bond acceptors (Lipinski definition) is 1. The predicted octanol–water partition coefficient (Wildman–Crippen LogP) is 4.61. The van der Waals surface area contributed by atoms with Gasteiger partial charge >= 0.3 is 0 Å². The third-order valence-corrected chi connectivity index (χ3v) is 3.52. The van der Waals surface area contributed by atoms with Gasteiger partial charge in [-0.05, 0) is 38.1 Å². The maximum absolute atomic E-state index is 3.34. The maximum Gasteiger partial charge on any atom is 0.0759 e. The van der Waals surface area contributed by atoms with Crippen LogP contribution in [0.25, 0.3) is 0 Å². The molecule has 2 aromatic carbocycles. The lowest BCUT2D eigenvalue weighted by Gasteiger charge is -2.16. The molecule has 0 heterocycles. The zero-order valence-electron chi connectivity index (χ0n) is 10.7. The Kier molecular flexibility index (Phi) is 4.12. The van der Waals surface area contributed by atoms with Crippen LogP contribution in [0.2, 0.25) is 0 Å². The molecule has 0 fully saturated rings. The third kappa shape index (κ3) is 3.98. The molecule has 0 aliphatic heterocycles. The van der Waals surface area contributed by atoms with Gasteiger partial charge in [0, 0.05) is 10.5 Å². The van der Waals surface area contributed by atoms with Gasteiger partial charge in [0.15, 0.2) is 0 Å². The second kappa shape index (κ2) is 5.80. The average Bonchev–Trinajstić information content (AvgIpc) is 2.38. The normalized spacial score (nSPS) is 10.6. The molecule has 0 bridgehead atoms. The van der Waals surface area contributed by atoms with Crippen molar-refractivity contribution in [1.29, 1.82) is 0 Å². The number of thioether (sulfide) groups is 1. The van der Waals surface area contributed by atoms with Crippen LogP contribution >= 0.6 is 11.8 Å². The third-order valence-electron chi connectivity index (χ3n) is 2.40. The standard InChI is InChI=1S/C17H16S/c1-17(2,18-16-11-7-4-8-12-16)14-13-15-9-5-3-6-10-15/h3-12H,1-2H3. The van der Waals surface area contributed by atoms with E-state index in [2.05, 4.69) is 50.0 Å². The van der Waals surface area contributed by atoms with Gasteiger partial charge in [0.1, 0.15) is 0 Å². The highest BCUT2D eigenvalue weighted by molar-refractivity contribution is 8.00. The molecule has 0 radical (unpaired) electrons. The molecule has 1 heteroatoms. The molecule has 2 rings (SSSR count). The first-order valence-electron chi connectivity index (χ1n) is 5.98. The quantitative estimate of drug-likeness (QED) is 0.555. The Hall–Kier alpha value is -1.65. The Morgan fingerprint density at radius 3 is 2.00 bits per heavy atom. The van der Waals surface area contributed by atoms with Gasteiger partial charge in [-0.2, -0.15) is 0 Å². The second-order valence-electron chi connectivity index (χ2n) is 4.54. The number of benzene rings is 2. The summed E-state index contributed by atoms with van der Waals surface area (Å²) in [4.78, 5) is 1.25. The smallest absolute Gasteiger partial charge is 0.0759 e. The molecule has 2 aromatic rings. The van der Waals surface area contributed by atoms with Crippen molar-refractivity contribution < 1.29 is 0 Å². The molecule has 0 nitrogen and oxygen atoms in total. The predicted molar refractivity (Wildman–Crippen MR) is 79.7 cm³/mol. The van der Waals surface area contributed by atoms with E-state index in [1.54, 1.807) is 11.8 Å². The summed E-state index contributed by atoms with van der Waals surface area (Å²) in [6.45, 7) is 4.31. The molecule has 0 aliphatic carbocycles. The summed E-state index contributed by atoms with van der Waals surface area (Å²) >= 11 is 1.79. The number of hydrogen-bond donors (Lipinski definition) is 0. The second-order valence-corrected chi connectivity index (χ2v) is 6.24. The van der Waals surface area contributed by atoms with Crippen LogP contribution in [0.4, 0.5) is 0 Å². The molecule has 0 unspecified atom stereocenters. The van der Waals surface area contributed by atoms with E-state index < -0.39 is 0 Å². The van der Waals surface area contributed by atoms with E-state index >= 15 is 0 Å². The molecule has 18 heavy (non-hydrogen) atoms. The highest BCUT2D eigenvalue weighted by Gasteiger charge is 2.15. The van der Waals surface area contributed by atoms with E-state index in [9.17, 15) is 0 Å². The summed E-state index contributed by atoms with van der Waals surface area (Å²) in [5.74, 6) is 6.57. The monoisotopic (exact) mass is 252 g/mol. The minimum Gasteiger partial charge on any atom is -0.107 e. The van der Waals surface area contributed by atoms with Crippen LogP contribution in [0.3, 0.4) is 0 Å². The van der Waals surface area contributed by atoms with E-state index in [1.807, 2.05) is 36.4 Å². The maximum atomic E-state index is 3.34. The van der Waals surface area contributed by atoms with Gasteiger partial charge in [0.25, 0.3) is 0 Å². The molecular formula is C17H16S. The number of rotatable bonds is 2. The van der Waals surface area contributed by atoms with Gasteiger partial charge in [-0.15, -0.1) is 11.8 Å². The minimum absolute atomic E-state index is 0.0861. The zero-order chi connectivity index (χ0) is 12.8. The fourth-order valence-electron chi connectivity index (χ4n) is 1.55. The Morgan fingerprint density at radius 1 is 0.833 bits per heavy atom. The minimum atomic E-state index is -0.0861. The topological polar surface area (TPSA) is 0 Å². The van der Waals surface area contributed by atoms with Crippen LogP contribution in [-0.2, 0) is 0 Å². The van der Waals surface area contributed by atoms with E-state index in [4.69, 9.17) is 0 Å². The van der Waals surface area contributed by atoms with E-state index in [0.717, 1.165) is 5.56 Å². The van der Waals surface area contributed by atoms with Crippen molar-refractivity contribution in [2.75, 3.05) is 0 Å². The van der Waals surface area contributed by atoms with Crippen molar-refractivity contribution in [3.63, 3.8) is 0 Å². The molecule has 0 atom stereocenters. The van der Waals surface area contributed by atoms with Crippen LogP contribution in [0.5, 0.6) is 0 Å². The molecule has 0 aromatic heterocycles. The van der Waals surface area contributed by atoms with Crippen molar-refractivity contribution in [3.8, 4) is 11.8 Å². The summed E-state index contributed by atoms with van der Waals surface area (Å²) in [6.07, 6.45) is 0. The van der Waals surface area contributed by atoms with Gasteiger partial charge in [-0.3, -0.25) is 0 Å². The van der Waals surface area contributed by atoms with Crippen molar-refractivity contribution in [1.82, 2.24) is 0 Å². The molecule has 0 spiro atoms. The molecule has 0 amide bonds. The molecule has 0 N–H and O–H groups in total. The SMILES string of the molecule is CC(C)(C#Cc1ccccc1)Sc1ccccc1. The van der Waals surface area contributed by atoms with Gasteiger partial charge in [0.05, 0.1) is 4.75 Å². The summed E-state index contributed by atoms with van der Waals surface area (Å²) in [6, 6.07) is 20.5. The Balaban J connectivity index is 2.11. The van der Waals surface area contributed by atoms with Crippen molar-refractivity contribution in [2.24, 2.45) is 0 Å². The summed E-state index contributed by atoms with van der Waals surface area (Å²) < 4.78 is -0.0861. The summed E-state index contributed by atoms with van der Waals surface area (Å²) in [5.41, 5.74) is 1.07. The van der Waals surface area contributed by atoms with Crippen LogP contribution in [0, 0.1) is 11.8 Å². The largest absolute Gasteiger partial charge is 0.107 e. The molecule has 0 saturated carbocycles. The fourth-order valence-corrected chi connectivity index (χ4v) is 2.54. The lowest BCUT2D eigenvalue weighted by Crippen LogP contribution is -2.10. The summed E-state index contributed by atoms with van der Waals surface area (Å²) in [7, 11) is 0. The first kappa shape index (κ1) is 12.8. The van der Waals surface area contributed by atoms with Gasteiger partial charge in [-0.1, -0.05) is 48.2 Å². The van der Waals surface area contributed by atoms with E-state index in [0.29, 0.717) is 0 Å². The van der Waals surface area contributed by atoms with Crippen molar-refractivity contribution in [2.45, 2.75) is 23.5 Å². The zero-order valence-corrected chi connectivity index (χ0v) is 11.5. The Morgan fingerprint density at radius 2 is 1.39 bits per heavy atom. The fraction of sp³-hybridized carbons (Fsp3) is 0.176. The van der Waals surface area contributed by atoms with Crippen LogP contribution in [0.1, 0.15) is 19.4 Å². The summed E-state index contributed by atoms with van der Waals surface area (Å²) in [5, 5.41) is 0. The highest BCUT2D eigenvalue weighted by atomic mass is 32.2. The molecule has 0 saturated heterocycles. The first-order chi connectivity index (χ1) is 8.66. The van der Waals surface area contributed by atoms with Gasteiger partial charge < -0.3 is 0 Å². The van der Waals surface area contributed by atoms with Gasteiger partial charge in [0.2, 0.25) is 0 Å². The van der Waals surface area contributed by atoms with Crippen molar-refractivity contribution in [3.05, 3.63) is 66.2 Å². The highest BCUT2D eigenvalue weighted by Crippen LogP contribution is 2.31. The Labute approximate surface area is 113 Å². The lowest BCUT2D eigenvalue weighted by molar-refractivity contribution is 0.932. The van der Waals surface area contributed by atoms with E-state index in [1.165, 1.54) is 4.90 Å². The van der Waals surface area contributed by atoms with Crippen LogP contribution in [-0.4, -0.2) is 4.75 Å². The molecule has 0 aliphatic rings. The van der Waals surface area contributed by atoms with Crippen LogP contribution < -0.4 is 0 Å². The first-order valence-corrected chi connectivity index (χ1v) is 6.80. The average molecular weight is 252 g/mol. The molecule has 90 valence electrons. The van der Waals surface area contributed by atoms with E-state index in [-0.39, 0.29) is 4.75 Å². The lowest BCUT2D eigenvalue weighted by atomic mass is 10.1.